The van der Waals surface area contributed by atoms with Crippen molar-refractivity contribution in [2.24, 2.45) is 0 Å². The van der Waals surface area contributed by atoms with Crippen LogP contribution in [0.3, 0.4) is 0 Å². The molecule has 0 aliphatic rings. The van der Waals surface area contributed by atoms with Crippen LogP contribution < -0.4 is 0 Å². The van der Waals surface area contributed by atoms with Crippen molar-refractivity contribution >= 4 is 28.5 Å². The van der Waals surface area contributed by atoms with Crippen LogP contribution in [0.4, 0.5) is 0 Å². The summed E-state index contributed by atoms with van der Waals surface area (Å²) in [5, 5.41) is 9.00. The number of nitriles is 1. The molecular formula is C9H8LiNSe. The van der Waals surface area contributed by atoms with Gasteiger partial charge in [-0.1, -0.05) is 0 Å². The fourth-order valence-corrected chi connectivity index (χ4v) is 1.96. The zero-order valence-electron chi connectivity index (χ0n) is 7.24. The summed E-state index contributed by atoms with van der Waals surface area (Å²) in [6, 6.07) is 12.4. The van der Waals surface area contributed by atoms with Crippen LogP contribution >= 0.6 is 0 Å². The Balaban J connectivity index is 3.06. The summed E-state index contributed by atoms with van der Waals surface area (Å²) in [5.41, 5.74) is 1.13. The summed E-state index contributed by atoms with van der Waals surface area (Å²) in [4.78, 5) is 0. The van der Waals surface area contributed by atoms with Crippen molar-refractivity contribution < 1.29 is 0 Å². The van der Waals surface area contributed by atoms with Gasteiger partial charge in [-0.3, -0.25) is 0 Å². The molecule has 0 spiro atoms. The van der Waals surface area contributed by atoms with E-state index in [0.717, 1.165) is 5.56 Å². The Labute approximate surface area is 86.8 Å². The third kappa shape index (κ3) is 1.95. The Kier molecular flexibility index (Phi) is 3.45. The fraction of sp³-hybridized carbons (Fsp3) is 0.222. The van der Waals surface area contributed by atoms with Crippen molar-refractivity contribution in [2.75, 3.05) is 0 Å². The molecule has 0 aliphatic carbocycles. The average molecular weight is 216 g/mol. The van der Waals surface area contributed by atoms with Crippen molar-refractivity contribution in [3.8, 4) is 6.07 Å². The second-order valence-electron chi connectivity index (χ2n) is 2.72. The zero-order chi connectivity index (χ0) is 9.03. The van der Waals surface area contributed by atoms with Crippen LogP contribution in [0, 0.1) is 11.3 Å². The minimum atomic E-state index is -0.256. The van der Waals surface area contributed by atoms with Gasteiger partial charge in [0.05, 0.1) is 0 Å². The third-order valence-corrected chi connectivity index (χ3v) is 4.35. The molecule has 0 aromatic heterocycles. The Hall–Kier alpha value is -0.173. The first-order valence-corrected chi connectivity index (χ1v) is 6.32. The van der Waals surface area contributed by atoms with E-state index in [0.29, 0.717) is 12.8 Å². The Morgan fingerprint density at radius 2 is 2.00 bits per heavy atom. The van der Waals surface area contributed by atoms with E-state index >= 15 is 0 Å². The van der Waals surface area contributed by atoms with Gasteiger partial charge in [0, 0.05) is 0 Å². The van der Waals surface area contributed by atoms with E-state index in [1.807, 2.05) is 37.3 Å². The van der Waals surface area contributed by atoms with Gasteiger partial charge in [-0.25, -0.2) is 0 Å². The van der Waals surface area contributed by atoms with Gasteiger partial charge in [0.15, 0.2) is 0 Å². The van der Waals surface area contributed by atoms with Crippen LogP contribution in [-0.4, -0.2) is 28.5 Å². The van der Waals surface area contributed by atoms with E-state index < -0.39 is 0 Å². The van der Waals surface area contributed by atoms with Gasteiger partial charge in [0.2, 0.25) is 0 Å². The molecule has 0 N–H and O–H groups in total. The SMILES string of the molecule is [Li][Se]C(C)(C#N)c1ccccc1. The molecule has 0 radical (unpaired) electrons. The first kappa shape index (κ1) is 9.91. The van der Waals surface area contributed by atoms with E-state index in [1.54, 1.807) is 0 Å². The molecule has 1 rings (SSSR count). The van der Waals surface area contributed by atoms with Crippen LogP contribution in [0.25, 0.3) is 0 Å². The molecule has 0 heterocycles. The quantitative estimate of drug-likeness (QED) is 0.681. The summed E-state index contributed by atoms with van der Waals surface area (Å²) in [6.45, 7) is 2.00. The molecular weight excluding hydrogens is 208 g/mol. The standard InChI is InChI=1S/C9H9NSe.Li/c1-9(11,7-10)8-5-3-2-4-6-8;/h2-6,11H,1H3;/q;+1/p-1. The predicted octanol–water partition coefficient (Wildman–Crippen LogP) is 1.21. The van der Waals surface area contributed by atoms with Gasteiger partial charge in [0.1, 0.15) is 0 Å². The molecule has 0 saturated heterocycles. The number of hydrogen-bond donors (Lipinski definition) is 0. The van der Waals surface area contributed by atoms with Gasteiger partial charge < -0.3 is 0 Å². The Morgan fingerprint density at radius 3 is 2.42 bits per heavy atom. The predicted molar refractivity (Wildman–Crippen MR) is 50.9 cm³/mol. The van der Waals surface area contributed by atoms with Crippen molar-refractivity contribution in [1.82, 2.24) is 0 Å². The maximum atomic E-state index is 9.00. The van der Waals surface area contributed by atoms with Gasteiger partial charge in [-0.15, -0.1) is 0 Å². The van der Waals surface area contributed by atoms with Gasteiger partial charge in [0.25, 0.3) is 0 Å². The van der Waals surface area contributed by atoms with E-state index in [9.17, 15) is 0 Å². The molecule has 0 amide bonds. The molecule has 1 nitrogen and oxygen atoms in total. The summed E-state index contributed by atoms with van der Waals surface area (Å²) in [6.07, 6.45) is 0. The molecule has 1 aromatic carbocycles. The monoisotopic (exact) mass is 217 g/mol. The van der Waals surface area contributed by atoms with Crippen LogP contribution in [-0.2, 0) is 4.31 Å². The average Bonchev–Trinajstić information content (AvgIpc) is 2.18. The van der Waals surface area contributed by atoms with Crippen LogP contribution in [0.5, 0.6) is 0 Å². The van der Waals surface area contributed by atoms with Crippen molar-refractivity contribution in [3.63, 3.8) is 0 Å². The normalized spacial score (nSPS) is 14.8. The summed E-state index contributed by atoms with van der Waals surface area (Å²) < 4.78 is -0.256. The summed E-state index contributed by atoms with van der Waals surface area (Å²) in [7, 11) is 0. The van der Waals surface area contributed by atoms with Crippen molar-refractivity contribution in [2.45, 2.75) is 11.2 Å². The number of rotatable bonds is 2. The van der Waals surface area contributed by atoms with Crippen LogP contribution in [0.1, 0.15) is 12.5 Å². The Bertz CT molecular complexity index is 293. The third-order valence-electron chi connectivity index (χ3n) is 1.95. The van der Waals surface area contributed by atoms with Crippen LogP contribution in [0.2, 0.25) is 0 Å². The fourth-order valence-electron chi connectivity index (χ4n) is 0.984. The molecule has 1 aromatic rings. The summed E-state index contributed by atoms with van der Waals surface area (Å²) >= 11 is 2.42. The topological polar surface area (TPSA) is 23.8 Å². The first-order valence-electron chi connectivity index (χ1n) is 3.75. The second kappa shape index (κ2) is 4.17. The van der Waals surface area contributed by atoms with Gasteiger partial charge in [-0.2, -0.15) is 0 Å². The number of hydrogen-bond acceptors (Lipinski definition) is 1. The van der Waals surface area contributed by atoms with Gasteiger partial charge in [-0.05, 0) is 0 Å². The molecule has 12 heavy (non-hydrogen) atoms. The van der Waals surface area contributed by atoms with Crippen LogP contribution in [0.15, 0.2) is 30.3 Å². The van der Waals surface area contributed by atoms with Crippen molar-refractivity contribution in [1.29, 1.82) is 5.26 Å². The van der Waals surface area contributed by atoms with Crippen molar-refractivity contribution in [3.05, 3.63) is 35.9 Å². The minimum absolute atomic E-state index is 0.256. The first-order chi connectivity index (χ1) is 5.73. The summed E-state index contributed by atoms with van der Waals surface area (Å²) in [5.74, 6) is 0. The molecule has 0 saturated carbocycles. The molecule has 56 valence electrons. The molecule has 3 heteroatoms. The Morgan fingerprint density at radius 1 is 1.42 bits per heavy atom. The molecule has 1 atom stereocenters. The molecule has 0 fully saturated rings. The van der Waals surface area contributed by atoms with Gasteiger partial charge >= 0.3 is 87.0 Å². The van der Waals surface area contributed by atoms with E-state index in [2.05, 4.69) is 21.8 Å². The van der Waals surface area contributed by atoms with E-state index in [-0.39, 0.29) is 4.31 Å². The number of nitrogens with zero attached hydrogens (tertiary/aromatic N) is 1. The van der Waals surface area contributed by atoms with E-state index in [1.165, 1.54) is 0 Å². The van der Waals surface area contributed by atoms with E-state index in [4.69, 9.17) is 5.26 Å². The molecule has 0 bridgehead atoms. The maximum absolute atomic E-state index is 9.00. The zero-order valence-corrected chi connectivity index (χ0v) is 8.96. The second-order valence-corrected chi connectivity index (χ2v) is 5.28. The number of benzene rings is 1. The molecule has 1 unspecified atom stereocenters. The molecule has 0 aliphatic heterocycles.